The molecule has 1 saturated carbocycles. The first-order valence-corrected chi connectivity index (χ1v) is 10.5. The van der Waals surface area contributed by atoms with E-state index in [0.29, 0.717) is 24.5 Å². The Morgan fingerprint density at radius 3 is 2.60 bits per heavy atom. The summed E-state index contributed by atoms with van der Waals surface area (Å²) in [6.45, 7) is 7.99. The maximum absolute atomic E-state index is 13.3. The highest BCUT2D eigenvalue weighted by atomic mass is 16.5. The van der Waals surface area contributed by atoms with Crippen molar-refractivity contribution in [2.24, 2.45) is 11.3 Å². The first kappa shape index (κ1) is 22.1. The predicted molar refractivity (Wildman–Crippen MR) is 114 cm³/mol. The lowest BCUT2D eigenvalue weighted by Gasteiger charge is -2.43. The van der Waals surface area contributed by atoms with Crippen LogP contribution in [-0.2, 0) is 9.59 Å². The van der Waals surface area contributed by atoms with E-state index in [2.05, 4.69) is 26.1 Å². The quantitative estimate of drug-likeness (QED) is 0.748. The largest absolute Gasteiger partial charge is 0.496 e. The smallest absolute Gasteiger partial charge is 0.325 e. The van der Waals surface area contributed by atoms with Crippen molar-refractivity contribution in [1.82, 2.24) is 15.1 Å². The number of hydrogen-bond acceptors (Lipinski definition) is 4. The summed E-state index contributed by atoms with van der Waals surface area (Å²) in [6, 6.07) is 6.77. The molecule has 1 heterocycles. The Morgan fingerprint density at radius 2 is 1.97 bits per heavy atom. The van der Waals surface area contributed by atoms with Gasteiger partial charge in [-0.2, -0.15) is 0 Å². The van der Waals surface area contributed by atoms with Crippen molar-refractivity contribution in [3.8, 4) is 5.75 Å². The molecule has 30 heavy (non-hydrogen) atoms. The minimum atomic E-state index is -0.897. The topological polar surface area (TPSA) is 79.0 Å². The Kier molecular flexibility index (Phi) is 5.85. The molecule has 1 aromatic rings. The van der Waals surface area contributed by atoms with Gasteiger partial charge in [-0.25, -0.2) is 4.79 Å². The molecule has 7 nitrogen and oxygen atoms in total. The first-order valence-electron chi connectivity index (χ1n) is 10.5. The van der Waals surface area contributed by atoms with Crippen LogP contribution in [-0.4, -0.2) is 53.9 Å². The summed E-state index contributed by atoms with van der Waals surface area (Å²) in [4.78, 5) is 41.6. The van der Waals surface area contributed by atoms with Crippen molar-refractivity contribution >= 4 is 17.8 Å². The van der Waals surface area contributed by atoms with Gasteiger partial charge in [-0.3, -0.25) is 14.5 Å². The highest BCUT2D eigenvalue weighted by Crippen LogP contribution is 2.46. The van der Waals surface area contributed by atoms with Crippen molar-refractivity contribution in [2.45, 2.75) is 58.5 Å². The van der Waals surface area contributed by atoms with Gasteiger partial charge in [0.15, 0.2) is 0 Å². The van der Waals surface area contributed by atoms with Crippen LogP contribution in [0.5, 0.6) is 5.75 Å². The van der Waals surface area contributed by atoms with Gasteiger partial charge < -0.3 is 15.0 Å². The average molecular weight is 416 g/mol. The summed E-state index contributed by atoms with van der Waals surface area (Å²) in [5, 5.41) is 2.93. The van der Waals surface area contributed by atoms with Gasteiger partial charge in [-0.1, -0.05) is 39.0 Å². The van der Waals surface area contributed by atoms with Gasteiger partial charge in [0.25, 0.3) is 5.91 Å². The zero-order valence-corrected chi connectivity index (χ0v) is 18.8. The molecule has 2 aliphatic rings. The number of rotatable bonds is 5. The monoisotopic (exact) mass is 415 g/mol. The number of imide groups is 1. The molecular formula is C23H33N3O4. The zero-order chi connectivity index (χ0) is 22.3. The number of para-hydroxylation sites is 1. The fourth-order valence-corrected chi connectivity index (χ4v) is 5.33. The van der Waals surface area contributed by atoms with Crippen LogP contribution in [0.2, 0.25) is 0 Å². The maximum Gasteiger partial charge on any atom is 0.325 e. The van der Waals surface area contributed by atoms with E-state index in [1.807, 2.05) is 31.2 Å². The van der Waals surface area contributed by atoms with E-state index >= 15 is 0 Å². The predicted octanol–water partition coefficient (Wildman–Crippen LogP) is 3.35. The molecule has 164 valence electrons. The Bertz CT molecular complexity index is 853. The van der Waals surface area contributed by atoms with E-state index in [1.165, 1.54) is 0 Å². The number of ether oxygens (including phenoxy) is 1. The van der Waals surface area contributed by atoms with Crippen LogP contribution in [0.4, 0.5) is 4.79 Å². The summed E-state index contributed by atoms with van der Waals surface area (Å²) < 4.78 is 5.40. The summed E-state index contributed by atoms with van der Waals surface area (Å²) in [6.07, 6.45) is 2.21. The van der Waals surface area contributed by atoms with Crippen molar-refractivity contribution < 1.29 is 19.1 Å². The number of methoxy groups -OCH3 is 1. The lowest BCUT2D eigenvalue weighted by atomic mass is 9.64. The number of amides is 4. The van der Waals surface area contributed by atoms with E-state index in [4.69, 9.17) is 4.74 Å². The molecule has 1 aromatic carbocycles. The van der Waals surface area contributed by atoms with Gasteiger partial charge in [0, 0.05) is 12.6 Å². The highest BCUT2D eigenvalue weighted by molar-refractivity contribution is 6.09. The van der Waals surface area contributed by atoms with E-state index in [9.17, 15) is 14.4 Å². The standard InChI is InChI=1S/C23H33N3O4/c1-15-11-22(3,4)14-23(12-15)20(28)26(21(29)24-23)13-19(27)25(5)16(2)17-9-7-8-10-18(17)30-6/h7-10,15-16H,11-14H2,1-6H3,(H,24,29). The third-order valence-electron chi connectivity index (χ3n) is 6.48. The summed E-state index contributed by atoms with van der Waals surface area (Å²) >= 11 is 0. The molecule has 3 rings (SSSR count). The van der Waals surface area contributed by atoms with Crippen molar-refractivity contribution in [2.75, 3.05) is 20.7 Å². The van der Waals surface area contributed by atoms with Crippen molar-refractivity contribution in [3.63, 3.8) is 0 Å². The summed E-state index contributed by atoms with van der Waals surface area (Å²) in [7, 11) is 3.27. The summed E-state index contributed by atoms with van der Waals surface area (Å²) in [5.74, 6) is 0.440. The molecule has 1 N–H and O–H groups in total. The molecule has 1 spiro atoms. The van der Waals surface area contributed by atoms with Crippen LogP contribution in [0.1, 0.15) is 58.6 Å². The number of hydrogen-bond donors (Lipinski definition) is 1. The second-order valence-electron chi connectivity index (χ2n) is 9.68. The van der Waals surface area contributed by atoms with Gasteiger partial charge in [0.2, 0.25) is 5.91 Å². The lowest BCUT2D eigenvalue weighted by Crippen LogP contribution is -2.54. The Balaban J connectivity index is 1.75. The third-order valence-corrected chi connectivity index (χ3v) is 6.48. The number of nitrogens with zero attached hydrogens (tertiary/aromatic N) is 2. The Morgan fingerprint density at radius 1 is 1.30 bits per heavy atom. The molecule has 0 bridgehead atoms. The molecule has 4 amide bonds. The second kappa shape index (κ2) is 7.93. The fourth-order valence-electron chi connectivity index (χ4n) is 5.33. The molecule has 2 fully saturated rings. The summed E-state index contributed by atoms with van der Waals surface area (Å²) in [5.41, 5.74) is -0.0754. The Hall–Kier alpha value is -2.57. The van der Waals surface area contributed by atoms with Crippen molar-refractivity contribution in [1.29, 1.82) is 0 Å². The highest BCUT2D eigenvalue weighted by Gasteiger charge is 2.56. The fraction of sp³-hybridized carbons (Fsp3) is 0.609. The van der Waals surface area contributed by atoms with Crippen LogP contribution in [0.3, 0.4) is 0 Å². The third kappa shape index (κ3) is 4.02. The number of urea groups is 1. The molecule has 1 aliphatic heterocycles. The van der Waals surface area contributed by atoms with Gasteiger partial charge in [-0.05, 0) is 43.6 Å². The number of carbonyl (C=O) groups is 3. The van der Waals surface area contributed by atoms with Crippen LogP contribution in [0, 0.1) is 11.3 Å². The van der Waals surface area contributed by atoms with Gasteiger partial charge in [0.1, 0.15) is 17.8 Å². The lowest BCUT2D eigenvalue weighted by molar-refractivity contribution is -0.141. The normalized spacial score (nSPS) is 26.5. The number of benzene rings is 1. The second-order valence-corrected chi connectivity index (χ2v) is 9.68. The van der Waals surface area contributed by atoms with Gasteiger partial charge in [-0.15, -0.1) is 0 Å². The number of likely N-dealkylation sites (N-methyl/N-ethyl adjacent to an activating group) is 1. The van der Waals surface area contributed by atoms with Crippen LogP contribution in [0.25, 0.3) is 0 Å². The maximum atomic E-state index is 13.3. The molecule has 0 aromatic heterocycles. The van der Waals surface area contributed by atoms with E-state index in [-0.39, 0.29) is 29.8 Å². The van der Waals surface area contributed by atoms with Crippen LogP contribution in [0.15, 0.2) is 24.3 Å². The molecule has 3 atom stereocenters. The van der Waals surface area contributed by atoms with Crippen molar-refractivity contribution in [3.05, 3.63) is 29.8 Å². The molecule has 1 saturated heterocycles. The number of carbonyl (C=O) groups excluding carboxylic acids is 3. The molecule has 0 radical (unpaired) electrons. The SMILES string of the molecule is COc1ccccc1C(C)N(C)C(=O)CN1C(=O)NC2(CC(C)CC(C)(C)C2)C1=O. The van der Waals surface area contributed by atoms with Crippen LogP contribution < -0.4 is 10.1 Å². The van der Waals surface area contributed by atoms with E-state index in [1.54, 1.807) is 19.1 Å². The van der Waals surface area contributed by atoms with Gasteiger partial charge >= 0.3 is 6.03 Å². The zero-order valence-electron chi connectivity index (χ0n) is 18.8. The molecular weight excluding hydrogens is 382 g/mol. The molecule has 3 unspecified atom stereocenters. The minimum absolute atomic E-state index is 0.0458. The first-order chi connectivity index (χ1) is 14.0. The van der Waals surface area contributed by atoms with Crippen LogP contribution >= 0.6 is 0 Å². The van der Waals surface area contributed by atoms with E-state index in [0.717, 1.165) is 16.9 Å². The average Bonchev–Trinajstić information content (AvgIpc) is 2.88. The molecule has 7 heteroatoms. The molecule has 1 aliphatic carbocycles. The van der Waals surface area contributed by atoms with Gasteiger partial charge in [0.05, 0.1) is 13.2 Å². The number of nitrogens with one attached hydrogen (secondary N) is 1. The van der Waals surface area contributed by atoms with E-state index < -0.39 is 11.6 Å². The minimum Gasteiger partial charge on any atom is -0.496 e. The Labute approximate surface area is 178 Å².